The summed E-state index contributed by atoms with van der Waals surface area (Å²) in [5.74, 6) is 2.23. The first-order valence-corrected chi connectivity index (χ1v) is 9.56. The van der Waals surface area contributed by atoms with Crippen LogP contribution in [0, 0.1) is 5.92 Å². The van der Waals surface area contributed by atoms with Crippen LogP contribution in [-0.4, -0.2) is 41.1 Å². The van der Waals surface area contributed by atoms with E-state index in [2.05, 4.69) is 30.3 Å². The molecule has 0 radical (unpaired) electrons. The maximum atomic E-state index is 12.8. The second-order valence-corrected chi connectivity index (χ2v) is 7.76. The van der Waals surface area contributed by atoms with Crippen LogP contribution in [0.4, 0.5) is 0 Å². The van der Waals surface area contributed by atoms with Crippen LogP contribution in [0.3, 0.4) is 0 Å². The minimum absolute atomic E-state index is 0.195. The Kier molecular flexibility index (Phi) is 5.79. The van der Waals surface area contributed by atoms with E-state index >= 15 is 0 Å². The molecular formula is C16H30N2OS. The Morgan fingerprint density at radius 1 is 1.35 bits per heavy atom. The predicted molar refractivity (Wildman–Crippen MR) is 86.9 cm³/mol. The highest BCUT2D eigenvalue weighted by atomic mass is 32.2. The van der Waals surface area contributed by atoms with Gasteiger partial charge < -0.3 is 4.90 Å². The van der Waals surface area contributed by atoms with Gasteiger partial charge in [-0.25, -0.2) is 0 Å². The van der Waals surface area contributed by atoms with Crippen molar-refractivity contribution in [1.29, 1.82) is 0 Å². The van der Waals surface area contributed by atoms with Gasteiger partial charge in [-0.1, -0.05) is 26.7 Å². The maximum Gasteiger partial charge on any atom is 0.244 e. The zero-order valence-corrected chi connectivity index (χ0v) is 14.1. The van der Waals surface area contributed by atoms with Crippen LogP contribution in [0.15, 0.2) is 0 Å². The third-order valence-electron chi connectivity index (χ3n) is 4.64. The Morgan fingerprint density at radius 3 is 2.65 bits per heavy atom. The van der Waals surface area contributed by atoms with Crippen LogP contribution in [0.25, 0.3) is 0 Å². The molecule has 1 N–H and O–H groups in total. The number of carbonyl (C=O) groups is 1. The molecule has 20 heavy (non-hydrogen) atoms. The van der Waals surface area contributed by atoms with Gasteiger partial charge in [0.15, 0.2) is 0 Å². The number of rotatable bonds is 7. The second kappa shape index (κ2) is 7.17. The molecule has 1 heterocycles. The van der Waals surface area contributed by atoms with Gasteiger partial charge in [0.05, 0.1) is 11.7 Å². The Labute approximate surface area is 128 Å². The fourth-order valence-corrected chi connectivity index (χ4v) is 4.12. The summed E-state index contributed by atoms with van der Waals surface area (Å²) in [7, 11) is 0. The Hall–Kier alpha value is -0.220. The zero-order valence-electron chi connectivity index (χ0n) is 13.3. The molecule has 1 spiro atoms. The van der Waals surface area contributed by atoms with Crippen molar-refractivity contribution in [2.75, 3.05) is 18.6 Å². The van der Waals surface area contributed by atoms with Gasteiger partial charge in [0.2, 0.25) is 5.91 Å². The summed E-state index contributed by atoms with van der Waals surface area (Å²) in [4.78, 5) is 15.0. The normalized spacial score (nSPS) is 25.3. The highest BCUT2D eigenvalue weighted by Crippen LogP contribution is 2.37. The number of nitrogens with zero attached hydrogens (tertiary/aromatic N) is 1. The third-order valence-corrected chi connectivity index (χ3v) is 5.34. The van der Waals surface area contributed by atoms with Crippen molar-refractivity contribution in [3.63, 3.8) is 0 Å². The van der Waals surface area contributed by atoms with Crippen LogP contribution in [-0.2, 0) is 4.79 Å². The highest BCUT2D eigenvalue weighted by Gasteiger charge is 2.51. The van der Waals surface area contributed by atoms with Crippen molar-refractivity contribution in [2.24, 2.45) is 5.92 Å². The Bertz CT molecular complexity index is 326. The third kappa shape index (κ3) is 3.51. The lowest BCUT2D eigenvalue weighted by Gasteiger charge is -2.25. The van der Waals surface area contributed by atoms with Crippen LogP contribution in [0.1, 0.15) is 58.8 Å². The van der Waals surface area contributed by atoms with E-state index in [-0.39, 0.29) is 11.7 Å². The number of amides is 1. The molecule has 1 atom stereocenters. The summed E-state index contributed by atoms with van der Waals surface area (Å²) >= 11 is 1.90. The molecule has 2 fully saturated rings. The number of thioether (sulfide) groups is 1. The zero-order chi connectivity index (χ0) is 14.6. The number of carbonyl (C=O) groups excluding carboxylic acids is 1. The lowest BCUT2D eigenvalue weighted by atomic mass is 9.98. The Balaban J connectivity index is 1.98. The number of hydrogen-bond donors (Lipinski definition) is 1. The van der Waals surface area contributed by atoms with Gasteiger partial charge in [-0.15, -0.1) is 0 Å². The monoisotopic (exact) mass is 298 g/mol. The molecule has 1 amide bonds. The van der Waals surface area contributed by atoms with Crippen molar-refractivity contribution < 1.29 is 4.79 Å². The summed E-state index contributed by atoms with van der Waals surface area (Å²) in [6.45, 7) is 5.43. The molecule has 116 valence electrons. The first kappa shape index (κ1) is 16.2. The number of nitrogens with one attached hydrogen (secondary N) is 1. The molecular weight excluding hydrogens is 268 g/mol. The van der Waals surface area contributed by atoms with Crippen molar-refractivity contribution in [1.82, 2.24) is 10.2 Å². The summed E-state index contributed by atoms with van der Waals surface area (Å²) in [6, 6.07) is 0. The van der Waals surface area contributed by atoms with Crippen molar-refractivity contribution in [3.8, 4) is 0 Å². The van der Waals surface area contributed by atoms with E-state index < -0.39 is 0 Å². The second-order valence-electron chi connectivity index (χ2n) is 6.78. The van der Waals surface area contributed by atoms with E-state index in [1.807, 2.05) is 11.8 Å². The summed E-state index contributed by atoms with van der Waals surface area (Å²) in [5.41, 5.74) is -0.195. The van der Waals surface area contributed by atoms with Crippen molar-refractivity contribution >= 4 is 17.7 Å². The summed E-state index contributed by atoms with van der Waals surface area (Å²) in [6.07, 6.45) is 10.3. The molecule has 1 unspecified atom stereocenters. The molecule has 2 rings (SSSR count). The average molecular weight is 298 g/mol. The first-order valence-electron chi connectivity index (χ1n) is 8.17. The quantitative estimate of drug-likeness (QED) is 0.732. The minimum atomic E-state index is -0.195. The van der Waals surface area contributed by atoms with E-state index in [1.54, 1.807) is 0 Å². The number of hydrogen-bond acceptors (Lipinski definition) is 3. The van der Waals surface area contributed by atoms with Crippen LogP contribution in [0.2, 0.25) is 0 Å². The van der Waals surface area contributed by atoms with Gasteiger partial charge in [-0.3, -0.25) is 10.1 Å². The SMILES string of the molecule is CSCCCCN1C(=O)C2(CCCC2)NC1CC(C)C. The molecule has 1 saturated carbocycles. The van der Waals surface area contributed by atoms with Gasteiger partial charge in [-0.2, -0.15) is 11.8 Å². The predicted octanol–water partition coefficient (Wildman–Crippen LogP) is 3.25. The molecule has 1 aliphatic heterocycles. The topological polar surface area (TPSA) is 32.3 Å². The van der Waals surface area contributed by atoms with Gasteiger partial charge >= 0.3 is 0 Å². The molecule has 0 bridgehead atoms. The lowest BCUT2D eigenvalue weighted by molar-refractivity contribution is -0.133. The molecule has 3 nitrogen and oxygen atoms in total. The Morgan fingerprint density at radius 2 is 2.05 bits per heavy atom. The minimum Gasteiger partial charge on any atom is -0.326 e. The van der Waals surface area contributed by atoms with Gasteiger partial charge in [-0.05, 0) is 50.0 Å². The van der Waals surface area contributed by atoms with Crippen LogP contribution < -0.4 is 5.32 Å². The van der Waals surface area contributed by atoms with E-state index in [0.29, 0.717) is 11.8 Å². The molecule has 0 aromatic heterocycles. The van der Waals surface area contributed by atoms with E-state index in [1.165, 1.54) is 25.0 Å². The molecule has 1 aliphatic carbocycles. The van der Waals surface area contributed by atoms with Crippen LogP contribution >= 0.6 is 11.8 Å². The molecule has 1 saturated heterocycles. The van der Waals surface area contributed by atoms with E-state index in [4.69, 9.17) is 0 Å². The average Bonchev–Trinajstić information content (AvgIpc) is 2.95. The van der Waals surface area contributed by atoms with E-state index in [9.17, 15) is 4.79 Å². The van der Waals surface area contributed by atoms with Gasteiger partial charge in [0.25, 0.3) is 0 Å². The van der Waals surface area contributed by atoms with Crippen molar-refractivity contribution in [3.05, 3.63) is 0 Å². The van der Waals surface area contributed by atoms with Gasteiger partial charge in [0.1, 0.15) is 0 Å². The lowest BCUT2D eigenvalue weighted by Crippen LogP contribution is -2.44. The first-order chi connectivity index (χ1) is 9.59. The largest absolute Gasteiger partial charge is 0.326 e. The van der Waals surface area contributed by atoms with Crippen molar-refractivity contribution in [2.45, 2.75) is 70.5 Å². The van der Waals surface area contributed by atoms with E-state index in [0.717, 1.165) is 32.2 Å². The van der Waals surface area contributed by atoms with Crippen LogP contribution in [0.5, 0.6) is 0 Å². The summed E-state index contributed by atoms with van der Waals surface area (Å²) < 4.78 is 0. The fraction of sp³-hybridized carbons (Fsp3) is 0.938. The van der Waals surface area contributed by atoms with Gasteiger partial charge in [0, 0.05) is 6.54 Å². The standard InChI is InChI=1S/C16H30N2OS/c1-13(2)12-14-17-16(8-4-5-9-16)15(19)18(14)10-6-7-11-20-3/h13-14,17H,4-12H2,1-3H3. The molecule has 0 aromatic carbocycles. The molecule has 0 aromatic rings. The number of unbranched alkanes of at least 4 members (excludes halogenated alkanes) is 1. The smallest absolute Gasteiger partial charge is 0.244 e. The highest BCUT2D eigenvalue weighted by molar-refractivity contribution is 7.98. The fourth-order valence-electron chi connectivity index (χ4n) is 3.63. The maximum absolute atomic E-state index is 12.8. The molecule has 2 aliphatic rings. The molecule has 4 heteroatoms. The summed E-state index contributed by atoms with van der Waals surface area (Å²) in [5, 5.41) is 3.71.